The fourth-order valence-electron chi connectivity index (χ4n) is 3.22. The summed E-state index contributed by atoms with van der Waals surface area (Å²) in [6.07, 6.45) is 4.41. The van der Waals surface area contributed by atoms with Crippen molar-refractivity contribution in [2.45, 2.75) is 27.7 Å². The Kier molecular flexibility index (Phi) is 8.72. The van der Waals surface area contributed by atoms with Crippen LogP contribution in [0.5, 0.6) is 11.6 Å². The number of H-pyrrole nitrogens is 2. The molecule has 4 heterocycles. The lowest BCUT2D eigenvalue weighted by Crippen LogP contribution is -2.02. The van der Waals surface area contributed by atoms with Crippen LogP contribution in [0.2, 0.25) is 0 Å². The van der Waals surface area contributed by atoms with E-state index in [9.17, 15) is 14.0 Å². The number of allylic oxidation sites excluding steroid dienone is 1. The zero-order chi connectivity index (χ0) is 26.9. The Morgan fingerprint density at radius 2 is 1.97 bits per heavy atom. The second kappa shape index (κ2) is 12.1. The molecule has 0 radical (unpaired) electrons. The van der Waals surface area contributed by atoms with E-state index in [1.54, 1.807) is 31.2 Å². The van der Waals surface area contributed by atoms with Gasteiger partial charge in [0.25, 0.3) is 0 Å². The molecule has 190 valence electrons. The van der Waals surface area contributed by atoms with Crippen LogP contribution in [-0.2, 0) is 0 Å². The summed E-state index contributed by atoms with van der Waals surface area (Å²) in [7, 11) is 0. The number of rotatable bonds is 5. The molecule has 11 heteroatoms. The Balaban J connectivity index is 0.000000711. The SMILES string of the molecule is C=CC.CC.Cc1cc2c(F)c(Oc3ncnc(Nc4cc(-c5ccco5)[nH]n4)c3C#N)cc(F)c2[nH]1. The Labute approximate surface area is 211 Å². The molecule has 0 bridgehead atoms. The number of aryl methyl sites for hydroxylation is 1. The molecule has 4 aromatic heterocycles. The van der Waals surface area contributed by atoms with Gasteiger partial charge in [0.05, 0.1) is 11.8 Å². The lowest BCUT2D eigenvalue weighted by Gasteiger charge is -2.10. The van der Waals surface area contributed by atoms with Crippen LogP contribution >= 0.6 is 0 Å². The highest BCUT2D eigenvalue weighted by atomic mass is 19.1. The van der Waals surface area contributed by atoms with Crippen molar-refractivity contribution in [1.82, 2.24) is 25.1 Å². The first kappa shape index (κ1) is 26.6. The molecule has 9 nitrogen and oxygen atoms in total. The highest BCUT2D eigenvalue weighted by Crippen LogP contribution is 2.34. The smallest absolute Gasteiger partial charge is 0.242 e. The number of furan rings is 1. The number of nitrogens with zero attached hydrogens (tertiary/aromatic N) is 4. The molecule has 5 rings (SSSR count). The molecule has 1 aromatic carbocycles. The minimum atomic E-state index is -0.779. The lowest BCUT2D eigenvalue weighted by atomic mass is 10.2. The van der Waals surface area contributed by atoms with E-state index >= 15 is 0 Å². The van der Waals surface area contributed by atoms with E-state index in [2.05, 4.69) is 37.0 Å². The molecule has 0 atom stereocenters. The molecule has 0 spiro atoms. The first-order chi connectivity index (χ1) is 17.9. The summed E-state index contributed by atoms with van der Waals surface area (Å²) in [5.41, 5.74) is 1.12. The zero-order valence-electron chi connectivity index (χ0n) is 20.7. The van der Waals surface area contributed by atoms with E-state index in [1.807, 2.05) is 26.8 Å². The van der Waals surface area contributed by atoms with Crippen molar-refractivity contribution in [2.75, 3.05) is 5.32 Å². The topological polar surface area (TPSA) is 128 Å². The molecule has 37 heavy (non-hydrogen) atoms. The summed E-state index contributed by atoms with van der Waals surface area (Å²) in [6, 6.07) is 9.43. The molecule has 0 aliphatic heterocycles. The van der Waals surface area contributed by atoms with Gasteiger partial charge in [0.1, 0.15) is 18.1 Å². The molecule has 0 unspecified atom stereocenters. The zero-order valence-corrected chi connectivity index (χ0v) is 20.7. The molecule has 0 amide bonds. The van der Waals surface area contributed by atoms with Gasteiger partial charge in [-0.25, -0.2) is 18.7 Å². The third kappa shape index (κ3) is 5.82. The molecule has 0 saturated heterocycles. The van der Waals surface area contributed by atoms with Gasteiger partial charge in [0.15, 0.2) is 40.3 Å². The van der Waals surface area contributed by atoms with Gasteiger partial charge in [-0.05, 0) is 32.0 Å². The summed E-state index contributed by atoms with van der Waals surface area (Å²) in [5, 5.41) is 19.5. The number of fused-ring (bicyclic) bond motifs is 1. The quantitative estimate of drug-likeness (QED) is 0.216. The number of aromatic nitrogens is 5. The number of halogens is 2. The van der Waals surface area contributed by atoms with Crippen molar-refractivity contribution in [3.05, 3.63) is 78.5 Å². The number of nitriles is 1. The molecular weight excluding hydrogens is 480 g/mol. The predicted molar refractivity (Wildman–Crippen MR) is 137 cm³/mol. The molecule has 3 N–H and O–H groups in total. The average Bonchev–Trinajstić information content (AvgIpc) is 3.65. The number of benzene rings is 1. The second-order valence-corrected chi connectivity index (χ2v) is 7.21. The number of hydrogen-bond acceptors (Lipinski definition) is 7. The Morgan fingerprint density at radius 1 is 1.22 bits per heavy atom. The minimum Gasteiger partial charge on any atom is -0.463 e. The molecule has 5 aromatic rings. The molecule has 0 aliphatic carbocycles. The van der Waals surface area contributed by atoms with Gasteiger partial charge in [0, 0.05) is 23.2 Å². The van der Waals surface area contributed by atoms with Crippen molar-refractivity contribution in [3.63, 3.8) is 0 Å². The van der Waals surface area contributed by atoms with E-state index in [0.29, 0.717) is 23.0 Å². The first-order valence-electron chi connectivity index (χ1n) is 11.3. The molecule has 0 saturated carbocycles. The summed E-state index contributed by atoms with van der Waals surface area (Å²) >= 11 is 0. The number of anilines is 2. The summed E-state index contributed by atoms with van der Waals surface area (Å²) in [6.45, 7) is 10.9. The minimum absolute atomic E-state index is 0.0313. The van der Waals surface area contributed by atoms with Crippen molar-refractivity contribution in [2.24, 2.45) is 0 Å². The van der Waals surface area contributed by atoms with Crippen LogP contribution in [-0.4, -0.2) is 25.1 Å². The molecular formula is C26H25F2N7O2. The van der Waals surface area contributed by atoms with E-state index < -0.39 is 17.4 Å². The lowest BCUT2D eigenvalue weighted by molar-refractivity contribution is 0.424. The fourth-order valence-corrected chi connectivity index (χ4v) is 3.22. The Morgan fingerprint density at radius 3 is 2.65 bits per heavy atom. The summed E-state index contributed by atoms with van der Waals surface area (Å²) in [5.74, 6) is -1.12. The van der Waals surface area contributed by atoms with Crippen molar-refractivity contribution >= 4 is 22.5 Å². The van der Waals surface area contributed by atoms with Gasteiger partial charge in [-0.3, -0.25) is 5.10 Å². The van der Waals surface area contributed by atoms with Gasteiger partial charge in [-0.15, -0.1) is 6.58 Å². The van der Waals surface area contributed by atoms with Crippen LogP contribution in [0.4, 0.5) is 20.4 Å². The maximum Gasteiger partial charge on any atom is 0.242 e. The normalized spacial score (nSPS) is 9.97. The maximum absolute atomic E-state index is 14.9. The van der Waals surface area contributed by atoms with E-state index in [0.717, 1.165) is 12.4 Å². The van der Waals surface area contributed by atoms with Crippen LogP contribution in [0, 0.1) is 29.9 Å². The second-order valence-electron chi connectivity index (χ2n) is 7.21. The number of aromatic amines is 2. The van der Waals surface area contributed by atoms with Gasteiger partial charge >= 0.3 is 0 Å². The molecule has 0 fully saturated rings. The van der Waals surface area contributed by atoms with Crippen LogP contribution in [0.25, 0.3) is 22.4 Å². The van der Waals surface area contributed by atoms with Crippen LogP contribution in [0.1, 0.15) is 32.0 Å². The molecule has 0 aliphatic rings. The third-order valence-corrected chi connectivity index (χ3v) is 4.64. The predicted octanol–water partition coefficient (Wildman–Crippen LogP) is 7.15. The maximum atomic E-state index is 14.9. The highest BCUT2D eigenvalue weighted by molar-refractivity contribution is 5.83. The van der Waals surface area contributed by atoms with Gasteiger partial charge in [0.2, 0.25) is 5.88 Å². The third-order valence-electron chi connectivity index (χ3n) is 4.64. The van der Waals surface area contributed by atoms with Crippen molar-refractivity contribution < 1.29 is 17.9 Å². The van der Waals surface area contributed by atoms with E-state index in [1.165, 1.54) is 12.3 Å². The summed E-state index contributed by atoms with van der Waals surface area (Å²) < 4.78 is 40.1. The van der Waals surface area contributed by atoms with Gasteiger partial charge < -0.3 is 19.5 Å². The number of nitrogens with one attached hydrogen (secondary N) is 3. The summed E-state index contributed by atoms with van der Waals surface area (Å²) in [4.78, 5) is 10.7. The largest absolute Gasteiger partial charge is 0.463 e. The van der Waals surface area contributed by atoms with Crippen molar-refractivity contribution in [1.29, 1.82) is 5.26 Å². The van der Waals surface area contributed by atoms with E-state index in [-0.39, 0.29) is 28.2 Å². The fraction of sp³-hybridized carbons (Fsp3) is 0.154. The standard InChI is InChI=1S/C21H13F2N7O2.C3H6.C2H6/c1-10-5-11-18(23)16(6-13(22)19(11)27-10)32-21-12(8-24)20(25-9-26-21)28-17-7-14(29-30-17)15-3-2-4-31-15;1-3-2;1-2/h2-7,9,27H,1H3,(H2,25,26,28,29,30);3H,1H2,2H3;1-2H3. The Bertz CT molecular complexity index is 1530. The average molecular weight is 506 g/mol. The highest BCUT2D eigenvalue weighted by Gasteiger charge is 2.20. The van der Waals surface area contributed by atoms with Gasteiger partial charge in [-0.2, -0.15) is 10.4 Å². The number of hydrogen-bond donors (Lipinski definition) is 3. The van der Waals surface area contributed by atoms with Crippen molar-refractivity contribution in [3.8, 4) is 29.2 Å². The monoisotopic (exact) mass is 505 g/mol. The number of ether oxygens (including phenoxy) is 1. The van der Waals surface area contributed by atoms with Crippen LogP contribution < -0.4 is 10.1 Å². The first-order valence-corrected chi connectivity index (χ1v) is 11.3. The van der Waals surface area contributed by atoms with Crippen LogP contribution in [0.3, 0.4) is 0 Å². The Hall–Kier alpha value is -4.98. The van der Waals surface area contributed by atoms with Crippen LogP contribution in [0.15, 0.2) is 60.0 Å². The van der Waals surface area contributed by atoms with Gasteiger partial charge in [-0.1, -0.05) is 19.9 Å². The van der Waals surface area contributed by atoms with E-state index in [4.69, 9.17) is 9.15 Å².